The van der Waals surface area contributed by atoms with Crippen LogP contribution in [-0.4, -0.2) is 38.2 Å². The van der Waals surface area contributed by atoms with Crippen LogP contribution in [0.3, 0.4) is 0 Å². The molecule has 3 saturated carbocycles. The number of aliphatic hydroxyl groups excluding tert-OH is 3. The Morgan fingerprint density at radius 3 is 2.40 bits per heavy atom. The van der Waals surface area contributed by atoms with Crippen LogP contribution in [0.15, 0.2) is 11.3 Å². The van der Waals surface area contributed by atoms with Gasteiger partial charge in [-0.15, -0.1) is 6.42 Å². The molecule has 0 amide bonds. The van der Waals surface area contributed by atoms with Crippen molar-refractivity contribution in [3.63, 3.8) is 0 Å². The number of rotatable bonds is 0. The van der Waals surface area contributed by atoms with E-state index in [1.165, 1.54) is 0 Å². The molecule has 4 heteroatoms. The smallest absolute Gasteiger partial charge is 0.130 e. The minimum atomic E-state index is -1.08. The van der Waals surface area contributed by atoms with Gasteiger partial charge in [0.05, 0.1) is 6.10 Å². The molecule has 0 unspecified atom stereocenters. The van der Waals surface area contributed by atoms with Gasteiger partial charge in [-0.1, -0.05) is 19.8 Å². The number of fused-ring (bicyclic) bond motifs is 5. The van der Waals surface area contributed by atoms with Crippen LogP contribution < -0.4 is 0 Å². The molecule has 0 bridgehead atoms. The molecule has 0 spiro atoms. The second-order valence-corrected chi connectivity index (χ2v) is 9.40. The van der Waals surface area contributed by atoms with Crippen LogP contribution in [0.4, 0.5) is 0 Å². The third-order valence-corrected chi connectivity index (χ3v) is 8.65. The van der Waals surface area contributed by atoms with Crippen molar-refractivity contribution < 1.29 is 20.4 Å². The Hall–Kier alpha value is -1.02. The average Bonchev–Trinajstić information content (AvgIpc) is 2.86. The molecule has 4 aliphatic rings. The van der Waals surface area contributed by atoms with Gasteiger partial charge >= 0.3 is 0 Å². The Balaban J connectivity index is 1.76. The monoisotopic (exact) mass is 346 g/mol. The van der Waals surface area contributed by atoms with E-state index >= 15 is 0 Å². The minimum Gasteiger partial charge on any atom is -0.510 e. The van der Waals surface area contributed by atoms with E-state index in [2.05, 4.69) is 19.8 Å². The van der Waals surface area contributed by atoms with E-state index in [0.717, 1.165) is 31.3 Å². The van der Waals surface area contributed by atoms with Gasteiger partial charge in [0.15, 0.2) is 0 Å². The van der Waals surface area contributed by atoms with Crippen molar-refractivity contribution >= 4 is 0 Å². The zero-order valence-electron chi connectivity index (χ0n) is 15.2. The standard InChI is InChI=1S/C21H30O4/c1-4-21(25)10-6-13-17-12(5-9-20(13,21)3)19(2)8-7-15(22)18(24)14(19)11-16(17)23/h1,12-13,15-17,22-25H,5-11H2,2-3H3/t12-,13-,15+,16+,17+,19+,20-,21-/m0/s1. The fraction of sp³-hybridized carbons (Fsp3) is 0.810. The van der Waals surface area contributed by atoms with E-state index in [9.17, 15) is 20.4 Å². The molecule has 4 aliphatic carbocycles. The van der Waals surface area contributed by atoms with Gasteiger partial charge in [-0.2, -0.15) is 0 Å². The first-order valence-corrected chi connectivity index (χ1v) is 9.67. The molecule has 3 fully saturated rings. The number of hydrogen-bond donors (Lipinski definition) is 4. The maximum Gasteiger partial charge on any atom is 0.130 e. The largest absolute Gasteiger partial charge is 0.510 e. The Morgan fingerprint density at radius 2 is 1.72 bits per heavy atom. The summed E-state index contributed by atoms with van der Waals surface area (Å²) in [5.41, 5.74) is -0.748. The van der Waals surface area contributed by atoms with Gasteiger partial charge < -0.3 is 20.4 Å². The molecule has 0 saturated heterocycles. The summed E-state index contributed by atoms with van der Waals surface area (Å²) in [6, 6.07) is 0. The molecule has 0 aliphatic heterocycles. The summed E-state index contributed by atoms with van der Waals surface area (Å²) < 4.78 is 0. The lowest BCUT2D eigenvalue weighted by molar-refractivity contribution is -0.138. The molecule has 4 rings (SSSR count). The predicted octanol–water partition coefficient (Wildman–Crippen LogP) is 2.53. The van der Waals surface area contributed by atoms with Gasteiger partial charge in [0.1, 0.15) is 17.5 Å². The predicted molar refractivity (Wildman–Crippen MR) is 94.5 cm³/mol. The first-order valence-electron chi connectivity index (χ1n) is 9.67. The van der Waals surface area contributed by atoms with E-state index in [1.54, 1.807) is 0 Å². The highest BCUT2D eigenvalue weighted by Crippen LogP contribution is 2.67. The summed E-state index contributed by atoms with van der Waals surface area (Å²) in [4.78, 5) is 0. The van der Waals surface area contributed by atoms with Crippen LogP contribution in [0.2, 0.25) is 0 Å². The second-order valence-electron chi connectivity index (χ2n) is 9.40. The highest BCUT2D eigenvalue weighted by Gasteiger charge is 2.65. The van der Waals surface area contributed by atoms with Crippen molar-refractivity contribution in [2.24, 2.45) is 28.6 Å². The average molecular weight is 346 g/mol. The number of terminal acetylenes is 1. The molecule has 4 nitrogen and oxygen atoms in total. The van der Waals surface area contributed by atoms with E-state index in [0.29, 0.717) is 19.3 Å². The second kappa shape index (κ2) is 5.25. The highest BCUT2D eigenvalue weighted by molar-refractivity contribution is 5.31. The summed E-state index contributed by atoms with van der Waals surface area (Å²) in [6.45, 7) is 4.29. The van der Waals surface area contributed by atoms with E-state index in [1.807, 2.05) is 0 Å². The molecule has 138 valence electrons. The Labute approximate surface area is 150 Å². The van der Waals surface area contributed by atoms with Crippen LogP contribution in [0.5, 0.6) is 0 Å². The normalized spacial score (nSPS) is 55.1. The molecule has 0 aromatic heterocycles. The zero-order chi connectivity index (χ0) is 18.2. The molecule has 4 N–H and O–H groups in total. The Bertz CT molecular complexity index is 663. The SMILES string of the molecule is C#C[C@]1(O)CC[C@H]2[C@@H]3[C@H](O)CC4=C(O)[C@H](O)CC[C@]4(C)[C@H]3CC[C@@]21C. The van der Waals surface area contributed by atoms with Crippen molar-refractivity contribution in [1.82, 2.24) is 0 Å². The van der Waals surface area contributed by atoms with Crippen LogP contribution in [0.25, 0.3) is 0 Å². The Morgan fingerprint density at radius 1 is 1.04 bits per heavy atom. The lowest BCUT2D eigenvalue weighted by Gasteiger charge is -2.60. The van der Waals surface area contributed by atoms with Gasteiger partial charge in [-0.3, -0.25) is 0 Å². The maximum atomic E-state index is 11.0. The van der Waals surface area contributed by atoms with Crippen LogP contribution >= 0.6 is 0 Å². The van der Waals surface area contributed by atoms with Crippen molar-refractivity contribution in [1.29, 1.82) is 0 Å². The van der Waals surface area contributed by atoms with Crippen molar-refractivity contribution in [3.8, 4) is 12.3 Å². The topological polar surface area (TPSA) is 80.9 Å². The van der Waals surface area contributed by atoms with Crippen molar-refractivity contribution in [2.45, 2.75) is 76.6 Å². The maximum absolute atomic E-state index is 11.0. The van der Waals surface area contributed by atoms with Crippen LogP contribution in [0, 0.1) is 40.9 Å². The zero-order valence-corrected chi connectivity index (χ0v) is 15.2. The van der Waals surface area contributed by atoms with Crippen LogP contribution in [-0.2, 0) is 0 Å². The van der Waals surface area contributed by atoms with Gasteiger partial charge in [0.2, 0.25) is 0 Å². The summed E-state index contributed by atoms with van der Waals surface area (Å²) in [7, 11) is 0. The summed E-state index contributed by atoms with van der Waals surface area (Å²) in [5, 5.41) is 42.5. The van der Waals surface area contributed by atoms with E-state index in [-0.39, 0.29) is 34.3 Å². The van der Waals surface area contributed by atoms with Crippen molar-refractivity contribution in [3.05, 3.63) is 11.3 Å². The molecule has 0 radical (unpaired) electrons. The summed E-state index contributed by atoms with van der Waals surface area (Å²) in [5.74, 6) is 3.31. The number of hydrogen-bond acceptors (Lipinski definition) is 4. The first kappa shape index (κ1) is 17.4. The molecule has 25 heavy (non-hydrogen) atoms. The lowest BCUT2D eigenvalue weighted by atomic mass is 9.45. The Kier molecular flexibility index (Phi) is 3.65. The summed E-state index contributed by atoms with van der Waals surface area (Å²) >= 11 is 0. The fourth-order valence-corrected chi connectivity index (χ4v) is 7.04. The third kappa shape index (κ3) is 2.01. The number of aliphatic hydroxyl groups is 4. The summed E-state index contributed by atoms with van der Waals surface area (Å²) in [6.07, 6.45) is 9.37. The van der Waals surface area contributed by atoms with Gasteiger partial charge in [0, 0.05) is 5.41 Å². The molecular weight excluding hydrogens is 316 g/mol. The van der Waals surface area contributed by atoms with Gasteiger partial charge in [-0.05, 0) is 73.7 Å². The molecule has 0 aromatic rings. The fourth-order valence-electron chi connectivity index (χ4n) is 7.04. The van der Waals surface area contributed by atoms with Gasteiger partial charge in [0.25, 0.3) is 0 Å². The van der Waals surface area contributed by atoms with E-state index < -0.39 is 17.8 Å². The molecule has 0 heterocycles. The molecular formula is C21H30O4. The van der Waals surface area contributed by atoms with Crippen molar-refractivity contribution in [2.75, 3.05) is 0 Å². The molecule has 8 atom stereocenters. The molecule has 0 aromatic carbocycles. The quantitative estimate of drug-likeness (QED) is 0.508. The van der Waals surface area contributed by atoms with E-state index in [4.69, 9.17) is 6.42 Å². The minimum absolute atomic E-state index is 0.0890. The van der Waals surface area contributed by atoms with Crippen LogP contribution in [0.1, 0.15) is 58.8 Å². The lowest BCUT2D eigenvalue weighted by Crippen LogP contribution is -2.58. The first-order chi connectivity index (χ1) is 11.7. The highest BCUT2D eigenvalue weighted by atomic mass is 16.3. The van der Waals surface area contributed by atoms with Gasteiger partial charge in [-0.25, -0.2) is 0 Å². The third-order valence-electron chi connectivity index (χ3n) is 8.65.